The number of benzene rings is 3. The molecule has 1 saturated heterocycles. The average Bonchev–Trinajstić information content (AvgIpc) is 3.72. The van der Waals surface area contributed by atoms with Crippen molar-refractivity contribution in [1.29, 1.82) is 0 Å². The maximum Gasteiger partial charge on any atom is 0.410 e. The Hall–Kier alpha value is -4.89. The quantitative estimate of drug-likeness (QED) is 0.165. The summed E-state index contributed by atoms with van der Waals surface area (Å²) in [5.74, 6) is 0.416. The largest absolute Gasteiger partial charge is 0.445 e. The second-order valence-electron chi connectivity index (χ2n) is 12.7. The Balaban J connectivity index is 1.14. The summed E-state index contributed by atoms with van der Waals surface area (Å²) in [5.41, 5.74) is 5.07. The third kappa shape index (κ3) is 8.10. The molecule has 1 N–H and O–H groups in total. The van der Waals surface area contributed by atoms with Gasteiger partial charge in [0.25, 0.3) is 0 Å². The minimum Gasteiger partial charge on any atom is -0.445 e. The van der Waals surface area contributed by atoms with Crippen molar-refractivity contribution in [2.24, 2.45) is 5.92 Å². The van der Waals surface area contributed by atoms with E-state index in [0.29, 0.717) is 32.0 Å². The van der Waals surface area contributed by atoms with E-state index in [4.69, 9.17) is 4.74 Å². The molecule has 0 atom stereocenters. The first-order valence-electron chi connectivity index (χ1n) is 16.5. The molecule has 2 aromatic heterocycles. The molecule has 3 aromatic carbocycles. The number of fused-ring (bicyclic) bond motifs is 1. The molecule has 2 amide bonds. The number of rotatable bonds is 11. The van der Waals surface area contributed by atoms with Crippen molar-refractivity contribution in [3.05, 3.63) is 115 Å². The van der Waals surface area contributed by atoms with Crippen LogP contribution >= 0.6 is 0 Å². The zero-order chi connectivity index (χ0) is 32.6. The average molecular weight is 633 g/mol. The van der Waals surface area contributed by atoms with E-state index in [0.717, 1.165) is 65.8 Å². The fourth-order valence-electron chi connectivity index (χ4n) is 6.37. The highest BCUT2D eigenvalue weighted by Crippen LogP contribution is 2.31. The van der Waals surface area contributed by atoms with Gasteiger partial charge in [0.1, 0.15) is 6.61 Å². The normalized spacial score (nSPS) is 13.7. The summed E-state index contributed by atoms with van der Waals surface area (Å²) < 4.78 is 9.53. The predicted molar refractivity (Wildman–Crippen MR) is 185 cm³/mol. The lowest BCUT2D eigenvalue weighted by atomic mass is 9.97. The number of imidazole rings is 1. The van der Waals surface area contributed by atoms with Crippen LogP contribution in [-0.2, 0) is 24.3 Å². The molecule has 0 unspecified atom stereocenters. The van der Waals surface area contributed by atoms with E-state index in [1.54, 1.807) is 4.57 Å². The van der Waals surface area contributed by atoms with Gasteiger partial charge in [0, 0.05) is 61.9 Å². The van der Waals surface area contributed by atoms with Crippen LogP contribution in [-0.4, -0.2) is 76.3 Å². The molecule has 0 bridgehead atoms. The Bertz CT molecular complexity index is 1780. The van der Waals surface area contributed by atoms with Gasteiger partial charge in [-0.15, -0.1) is 0 Å². The fraction of sp³-hybridized carbons (Fsp3) is 0.342. The third-order valence-corrected chi connectivity index (χ3v) is 8.97. The second kappa shape index (κ2) is 15.1. The number of hydrogen-bond donors (Lipinski definition) is 1. The first kappa shape index (κ1) is 32.1. The van der Waals surface area contributed by atoms with Gasteiger partial charge >= 0.3 is 12.1 Å². The molecule has 5 aromatic rings. The number of likely N-dealkylation sites (tertiary alicyclic amines) is 1. The number of aromatic nitrogens is 3. The van der Waals surface area contributed by atoms with E-state index >= 15 is 0 Å². The van der Waals surface area contributed by atoms with Crippen molar-refractivity contribution in [2.45, 2.75) is 38.8 Å². The number of hydrogen-bond acceptors (Lipinski definition) is 5. The SMILES string of the molecule is CN(C)CCCNC(=O)n1cc(-c2cccc3ccccc23)cc1Cc1cncn1CC1CCN(C(=O)OCc2ccccc2)CC1. The van der Waals surface area contributed by atoms with Gasteiger partial charge in [-0.05, 0) is 73.8 Å². The predicted octanol–water partition coefficient (Wildman–Crippen LogP) is 6.65. The molecule has 9 heteroatoms. The minimum atomic E-state index is -0.252. The van der Waals surface area contributed by atoms with Gasteiger partial charge in [0.05, 0.1) is 6.33 Å². The van der Waals surface area contributed by atoms with Gasteiger partial charge in [-0.25, -0.2) is 14.6 Å². The van der Waals surface area contributed by atoms with Gasteiger partial charge in [-0.2, -0.15) is 0 Å². The first-order chi connectivity index (χ1) is 22.9. The van der Waals surface area contributed by atoms with Crippen molar-refractivity contribution in [2.75, 3.05) is 40.3 Å². The molecule has 0 radical (unpaired) electrons. The van der Waals surface area contributed by atoms with Crippen molar-refractivity contribution >= 4 is 22.9 Å². The Kier molecular flexibility index (Phi) is 10.3. The highest BCUT2D eigenvalue weighted by atomic mass is 16.6. The van der Waals surface area contributed by atoms with Gasteiger partial charge in [0.15, 0.2) is 0 Å². The van der Waals surface area contributed by atoms with E-state index < -0.39 is 0 Å². The smallest absolute Gasteiger partial charge is 0.410 e. The zero-order valence-corrected chi connectivity index (χ0v) is 27.3. The van der Waals surface area contributed by atoms with Crippen LogP contribution in [0.5, 0.6) is 0 Å². The number of nitrogens with zero attached hydrogens (tertiary/aromatic N) is 5. The number of ether oxygens (including phenoxy) is 1. The molecule has 244 valence electrons. The highest BCUT2D eigenvalue weighted by molar-refractivity contribution is 5.97. The van der Waals surface area contributed by atoms with E-state index in [-0.39, 0.29) is 18.7 Å². The minimum absolute atomic E-state index is 0.122. The lowest BCUT2D eigenvalue weighted by molar-refractivity contribution is 0.0806. The number of carbonyl (C=O) groups is 2. The lowest BCUT2D eigenvalue weighted by Gasteiger charge is -2.31. The summed E-state index contributed by atoms with van der Waals surface area (Å²) in [4.78, 5) is 34.6. The third-order valence-electron chi connectivity index (χ3n) is 8.97. The van der Waals surface area contributed by atoms with E-state index in [1.807, 2.05) is 74.1 Å². The molecule has 47 heavy (non-hydrogen) atoms. The Morgan fingerprint density at radius 2 is 1.72 bits per heavy atom. The number of nitrogens with one attached hydrogen (secondary N) is 1. The van der Waals surface area contributed by atoms with Crippen LogP contribution in [0.4, 0.5) is 9.59 Å². The Morgan fingerprint density at radius 3 is 2.53 bits per heavy atom. The van der Waals surface area contributed by atoms with E-state index in [1.165, 1.54) is 5.39 Å². The Morgan fingerprint density at radius 1 is 0.957 bits per heavy atom. The van der Waals surface area contributed by atoms with Gasteiger partial charge in [-0.1, -0.05) is 72.8 Å². The van der Waals surface area contributed by atoms with Crippen LogP contribution in [0.25, 0.3) is 21.9 Å². The molecule has 1 aliphatic heterocycles. The van der Waals surface area contributed by atoms with Crippen LogP contribution in [0.1, 0.15) is 36.2 Å². The highest BCUT2D eigenvalue weighted by Gasteiger charge is 2.25. The topological polar surface area (TPSA) is 84.6 Å². The summed E-state index contributed by atoms with van der Waals surface area (Å²) in [6.45, 7) is 3.97. The summed E-state index contributed by atoms with van der Waals surface area (Å²) in [6, 6.07) is 26.4. The molecular weight excluding hydrogens is 588 g/mol. The number of piperidine rings is 1. The molecule has 6 rings (SSSR count). The van der Waals surface area contributed by atoms with E-state index in [2.05, 4.69) is 62.2 Å². The molecule has 0 aliphatic carbocycles. The lowest BCUT2D eigenvalue weighted by Crippen LogP contribution is -2.39. The standard InChI is InChI=1S/C38H44N6O3/c1-41(2)19-9-18-40-37(45)44-26-32(36-15-8-13-31-12-6-7-14-35(31)36)22-33(44)23-34-24-39-28-43(34)25-29-16-20-42(21-17-29)38(46)47-27-30-10-4-3-5-11-30/h3-8,10-15,22,24,26,28-29H,9,16-21,23,25,27H2,1-2H3,(H,40,45). The van der Waals surface area contributed by atoms with Crippen molar-refractivity contribution < 1.29 is 14.3 Å². The second-order valence-corrected chi connectivity index (χ2v) is 12.7. The van der Waals surface area contributed by atoms with Crippen LogP contribution in [0.2, 0.25) is 0 Å². The van der Waals surface area contributed by atoms with Gasteiger partial charge in [-0.3, -0.25) is 4.57 Å². The summed E-state index contributed by atoms with van der Waals surface area (Å²) in [5, 5.41) is 5.45. The Labute approximate surface area is 276 Å². The molecule has 1 aliphatic rings. The van der Waals surface area contributed by atoms with Crippen LogP contribution in [0, 0.1) is 5.92 Å². The van der Waals surface area contributed by atoms with Crippen molar-refractivity contribution in [3.8, 4) is 11.1 Å². The molecule has 3 heterocycles. The van der Waals surface area contributed by atoms with E-state index in [9.17, 15) is 9.59 Å². The van der Waals surface area contributed by atoms with Crippen molar-refractivity contribution in [1.82, 2.24) is 29.2 Å². The molecule has 9 nitrogen and oxygen atoms in total. The number of amides is 2. The number of carbonyl (C=O) groups excluding carboxylic acids is 2. The van der Waals surface area contributed by atoms with Crippen LogP contribution < -0.4 is 5.32 Å². The molecular formula is C38H44N6O3. The van der Waals surface area contributed by atoms with Crippen LogP contribution in [0.15, 0.2) is 97.6 Å². The summed E-state index contributed by atoms with van der Waals surface area (Å²) in [7, 11) is 4.08. The first-order valence-corrected chi connectivity index (χ1v) is 16.5. The fourth-order valence-corrected chi connectivity index (χ4v) is 6.37. The zero-order valence-electron chi connectivity index (χ0n) is 27.3. The summed E-state index contributed by atoms with van der Waals surface area (Å²) >= 11 is 0. The van der Waals surface area contributed by atoms with Gasteiger partial charge in [0.2, 0.25) is 0 Å². The molecule has 0 spiro atoms. The molecule has 0 saturated carbocycles. The molecule has 1 fully saturated rings. The maximum atomic E-state index is 13.5. The van der Waals surface area contributed by atoms with Crippen LogP contribution in [0.3, 0.4) is 0 Å². The maximum absolute atomic E-state index is 13.5. The van der Waals surface area contributed by atoms with Gasteiger partial charge < -0.3 is 24.4 Å². The summed E-state index contributed by atoms with van der Waals surface area (Å²) in [6.07, 6.45) is 8.74. The van der Waals surface area contributed by atoms with Crippen molar-refractivity contribution in [3.63, 3.8) is 0 Å². The monoisotopic (exact) mass is 632 g/mol.